The van der Waals surface area contributed by atoms with Crippen LogP contribution in [0.4, 0.5) is 5.69 Å². The van der Waals surface area contributed by atoms with E-state index >= 15 is 0 Å². The molecule has 0 heterocycles. The Labute approximate surface area is 110 Å². The third kappa shape index (κ3) is 3.33. The van der Waals surface area contributed by atoms with Crippen LogP contribution in [0.2, 0.25) is 0 Å². The van der Waals surface area contributed by atoms with Crippen LogP contribution in [0.25, 0.3) is 0 Å². The van der Waals surface area contributed by atoms with E-state index < -0.39 is 6.04 Å². The number of nitrogens with zero attached hydrogens (tertiary/aromatic N) is 1. The van der Waals surface area contributed by atoms with Crippen LogP contribution in [0.5, 0.6) is 0 Å². The van der Waals surface area contributed by atoms with Crippen LogP contribution in [0.3, 0.4) is 0 Å². The van der Waals surface area contributed by atoms with Crippen molar-refractivity contribution in [2.75, 3.05) is 11.9 Å². The molecule has 0 aromatic heterocycles. The third-order valence-corrected chi connectivity index (χ3v) is 3.26. The number of carbonyl (C=O) groups is 1. The summed E-state index contributed by atoms with van der Waals surface area (Å²) in [4.78, 5) is 13.9. The molecular formula is C15H24N2O. The molecule has 0 spiro atoms. The highest BCUT2D eigenvalue weighted by Crippen LogP contribution is 2.22. The summed E-state index contributed by atoms with van der Waals surface area (Å²) in [6, 6.07) is 7.52. The first-order valence-electron chi connectivity index (χ1n) is 6.39. The molecule has 0 aliphatic rings. The van der Waals surface area contributed by atoms with Crippen molar-refractivity contribution >= 4 is 11.6 Å². The maximum absolute atomic E-state index is 12.2. The first-order chi connectivity index (χ1) is 8.27. The normalized spacial score (nSPS) is 13.2. The summed E-state index contributed by atoms with van der Waals surface area (Å²) in [7, 11) is 1.77. The molecule has 1 aromatic rings. The van der Waals surface area contributed by atoms with Gasteiger partial charge in [-0.15, -0.1) is 0 Å². The van der Waals surface area contributed by atoms with Gasteiger partial charge in [0.15, 0.2) is 0 Å². The second-order valence-corrected chi connectivity index (χ2v) is 5.76. The number of anilines is 1. The van der Waals surface area contributed by atoms with Gasteiger partial charge >= 0.3 is 0 Å². The molecule has 0 aliphatic heterocycles. The second kappa shape index (κ2) is 5.53. The van der Waals surface area contributed by atoms with E-state index in [-0.39, 0.29) is 11.3 Å². The van der Waals surface area contributed by atoms with Gasteiger partial charge in [-0.25, -0.2) is 0 Å². The Morgan fingerprint density at radius 2 is 1.78 bits per heavy atom. The van der Waals surface area contributed by atoms with E-state index in [9.17, 15) is 4.79 Å². The molecule has 0 unspecified atom stereocenters. The molecule has 1 atom stereocenters. The molecule has 0 radical (unpaired) electrons. The van der Waals surface area contributed by atoms with E-state index in [1.807, 2.05) is 45.0 Å². The van der Waals surface area contributed by atoms with Gasteiger partial charge in [-0.05, 0) is 29.5 Å². The molecule has 0 aliphatic carbocycles. The van der Waals surface area contributed by atoms with Crippen molar-refractivity contribution in [2.24, 2.45) is 11.1 Å². The lowest BCUT2D eigenvalue weighted by Crippen LogP contribution is -2.49. The molecule has 2 N–H and O–H groups in total. The second-order valence-electron chi connectivity index (χ2n) is 5.76. The van der Waals surface area contributed by atoms with Crippen LogP contribution in [-0.2, 0) is 11.2 Å². The lowest BCUT2D eigenvalue weighted by Gasteiger charge is -2.30. The van der Waals surface area contributed by atoms with Crippen LogP contribution >= 0.6 is 0 Å². The Morgan fingerprint density at radius 1 is 1.28 bits per heavy atom. The van der Waals surface area contributed by atoms with Gasteiger partial charge < -0.3 is 10.6 Å². The average molecular weight is 248 g/mol. The Balaban J connectivity index is 2.86. The number of aryl methyl sites for hydroxylation is 1. The number of amides is 1. The van der Waals surface area contributed by atoms with E-state index in [1.54, 1.807) is 11.9 Å². The van der Waals surface area contributed by atoms with Gasteiger partial charge in [0.2, 0.25) is 5.91 Å². The summed E-state index contributed by atoms with van der Waals surface area (Å²) in [6.45, 7) is 8.04. The fourth-order valence-corrected chi connectivity index (χ4v) is 1.66. The molecule has 100 valence electrons. The topological polar surface area (TPSA) is 46.3 Å². The number of benzene rings is 1. The van der Waals surface area contributed by atoms with Gasteiger partial charge in [0.1, 0.15) is 0 Å². The number of hydrogen-bond acceptors (Lipinski definition) is 2. The zero-order chi connectivity index (χ0) is 13.9. The van der Waals surface area contributed by atoms with Crippen LogP contribution in [0.1, 0.15) is 33.3 Å². The Hall–Kier alpha value is -1.35. The van der Waals surface area contributed by atoms with Crippen molar-refractivity contribution in [1.82, 2.24) is 0 Å². The highest BCUT2D eigenvalue weighted by atomic mass is 16.2. The quantitative estimate of drug-likeness (QED) is 0.893. The molecule has 0 bridgehead atoms. The van der Waals surface area contributed by atoms with E-state index in [1.165, 1.54) is 5.56 Å². The zero-order valence-corrected chi connectivity index (χ0v) is 12.0. The molecule has 1 rings (SSSR count). The van der Waals surface area contributed by atoms with E-state index in [2.05, 4.69) is 6.92 Å². The maximum atomic E-state index is 12.2. The summed E-state index contributed by atoms with van der Waals surface area (Å²) in [5.41, 5.74) is 7.92. The SMILES string of the molecule is CCc1ccc(N(C)C(=O)[C@@H](N)C(C)(C)C)cc1. The van der Waals surface area contributed by atoms with Gasteiger partial charge in [0, 0.05) is 12.7 Å². The summed E-state index contributed by atoms with van der Waals surface area (Å²) in [5, 5.41) is 0. The molecular weight excluding hydrogens is 224 g/mol. The third-order valence-electron chi connectivity index (χ3n) is 3.26. The molecule has 3 heteroatoms. The smallest absolute Gasteiger partial charge is 0.244 e. The van der Waals surface area contributed by atoms with Crippen molar-refractivity contribution < 1.29 is 4.79 Å². The van der Waals surface area contributed by atoms with Crippen molar-refractivity contribution in [3.63, 3.8) is 0 Å². The first-order valence-corrected chi connectivity index (χ1v) is 6.39. The van der Waals surface area contributed by atoms with Gasteiger partial charge in [0.05, 0.1) is 6.04 Å². The first kappa shape index (κ1) is 14.7. The molecule has 1 amide bonds. The largest absolute Gasteiger partial charge is 0.319 e. The molecule has 18 heavy (non-hydrogen) atoms. The Kier molecular flexibility index (Phi) is 4.52. The zero-order valence-electron chi connectivity index (χ0n) is 12.0. The standard InChI is InChI=1S/C15H24N2O/c1-6-11-7-9-12(10-8-11)17(5)14(18)13(16)15(2,3)4/h7-10,13H,6,16H2,1-5H3/t13-/m1/s1. The predicted molar refractivity (Wildman–Crippen MR) is 76.7 cm³/mol. The van der Waals surface area contributed by atoms with E-state index in [0.29, 0.717) is 0 Å². The Bertz CT molecular complexity index is 403. The molecule has 0 fully saturated rings. The number of hydrogen-bond donors (Lipinski definition) is 1. The maximum Gasteiger partial charge on any atom is 0.244 e. The minimum atomic E-state index is -0.492. The van der Waals surface area contributed by atoms with Crippen molar-refractivity contribution in [3.05, 3.63) is 29.8 Å². The minimum Gasteiger partial charge on any atom is -0.319 e. The van der Waals surface area contributed by atoms with Gasteiger partial charge in [-0.1, -0.05) is 39.8 Å². The van der Waals surface area contributed by atoms with Crippen LogP contribution in [0.15, 0.2) is 24.3 Å². The van der Waals surface area contributed by atoms with E-state index in [4.69, 9.17) is 5.73 Å². The van der Waals surface area contributed by atoms with Crippen LogP contribution in [0, 0.1) is 5.41 Å². The number of likely N-dealkylation sites (N-methyl/N-ethyl adjacent to an activating group) is 1. The van der Waals surface area contributed by atoms with Gasteiger partial charge in [0.25, 0.3) is 0 Å². The highest BCUT2D eigenvalue weighted by Gasteiger charge is 2.30. The number of rotatable bonds is 3. The van der Waals surface area contributed by atoms with Gasteiger partial charge in [-0.3, -0.25) is 4.79 Å². The summed E-state index contributed by atoms with van der Waals surface area (Å²) in [5.74, 6) is -0.0493. The summed E-state index contributed by atoms with van der Waals surface area (Å²) < 4.78 is 0. The number of nitrogens with two attached hydrogens (primary N) is 1. The Morgan fingerprint density at radius 3 is 2.17 bits per heavy atom. The fourth-order valence-electron chi connectivity index (χ4n) is 1.66. The van der Waals surface area contributed by atoms with Crippen molar-refractivity contribution in [3.8, 4) is 0 Å². The predicted octanol–water partition coefficient (Wildman–Crippen LogP) is 2.59. The molecule has 0 saturated heterocycles. The monoisotopic (exact) mass is 248 g/mol. The lowest BCUT2D eigenvalue weighted by atomic mass is 9.86. The average Bonchev–Trinajstić information content (AvgIpc) is 2.35. The van der Waals surface area contributed by atoms with Gasteiger partial charge in [-0.2, -0.15) is 0 Å². The van der Waals surface area contributed by atoms with Crippen molar-refractivity contribution in [2.45, 2.75) is 40.2 Å². The molecule has 3 nitrogen and oxygen atoms in total. The number of carbonyl (C=O) groups excluding carboxylic acids is 1. The van der Waals surface area contributed by atoms with Crippen LogP contribution < -0.4 is 10.6 Å². The van der Waals surface area contributed by atoms with Crippen molar-refractivity contribution in [1.29, 1.82) is 0 Å². The molecule has 0 saturated carbocycles. The molecule has 1 aromatic carbocycles. The minimum absolute atomic E-state index is 0.0493. The highest BCUT2D eigenvalue weighted by molar-refractivity contribution is 5.97. The lowest BCUT2D eigenvalue weighted by molar-refractivity contribution is -0.121. The summed E-state index contributed by atoms with van der Waals surface area (Å²) >= 11 is 0. The fraction of sp³-hybridized carbons (Fsp3) is 0.533. The summed E-state index contributed by atoms with van der Waals surface area (Å²) in [6.07, 6.45) is 0.999. The van der Waals surface area contributed by atoms with E-state index in [0.717, 1.165) is 12.1 Å². The van der Waals surface area contributed by atoms with Crippen LogP contribution in [-0.4, -0.2) is 19.0 Å².